The quantitative estimate of drug-likeness (QED) is 0.747. The number of aryl methyl sites for hydroxylation is 1. The number of likely N-dealkylation sites (tertiary alicyclic amines) is 1. The maximum absolute atomic E-state index is 12.9. The topological polar surface area (TPSA) is 56.6 Å². The summed E-state index contributed by atoms with van der Waals surface area (Å²) in [6.07, 6.45) is 5.90. The molecule has 3 rings (SSSR count). The van der Waals surface area contributed by atoms with Gasteiger partial charge in [-0.25, -0.2) is 4.98 Å². The molecule has 0 atom stereocenters. The van der Waals surface area contributed by atoms with E-state index in [4.69, 9.17) is 9.47 Å². The molecule has 0 radical (unpaired) electrons. The number of piperidine rings is 1. The van der Waals surface area contributed by atoms with Gasteiger partial charge in [-0.05, 0) is 57.7 Å². The molecule has 146 valence electrons. The molecular weight excluding hydrogens is 342 g/mol. The van der Waals surface area contributed by atoms with Crippen LogP contribution in [0.25, 0.3) is 0 Å². The Balaban J connectivity index is 1.61. The Morgan fingerprint density at radius 2 is 1.85 bits per heavy atom. The minimum Gasteiger partial charge on any atom is -0.490 e. The molecule has 1 amide bonds. The highest BCUT2D eigenvalue weighted by Gasteiger charge is 2.25. The summed E-state index contributed by atoms with van der Waals surface area (Å²) in [5.41, 5.74) is 0.658. The average Bonchev–Trinajstić information content (AvgIpc) is 3.08. The smallest absolute Gasteiger partial charge is 0.253 e. The van der Waals surface area contributed by atoms with Crippen molar-refractivity contribution >= 4 is 5.91 Å². The zero-order valence-corrected chi connectivity index (χ0v) is 16.5. The molecule has 2 aromatic rings. The average molecular weight is 371 g/mol. The predicted molar refractivity (Wildman–Crippen MR) is 104 cm³/mol. The highest BCUT2D eigenvalue weighted by atomic mass is 16.5. The molecule has 1 fully saturated rings. The molecular formula is C21H29N3O3. The van der Waals surface area contributed by atoms with Crippen molar-refractivity contribution in [1.82, 2.24) is 14.5 Å². The molecule has 0 spiro atoms. The van der Waals surface area contributed by atoms with Crippen LogP contribution in [0.5, 0.6) is 11.5 Å². The number of carbonyl (C=O) groups is 1. The van der Waals surface area contributed by atoms with Crippen molar-refractivity contribution < 1.29 is 14.3 Å². The van der Waals surface area contributed by atoms with Gasteiger partial charge in [0.25, 0.3) is 5.91 Å². The molecule has 0 unspecified atom stereocenters. The van der Waals surface area contributed by atoms with Crippen LogP contribution < -0.4 is 9.47 Å². The summed E-state index contributed by atoms with van der Waals surface area (Å²) < 4.78 is 13.4. The van der Waals surface area contributed by atoms with Gasteiger partial charge in [0.05, 0.1) is 13.2 Å². The van der Waals surface area contributed by atoms with Crippen LogP contribution >= 0.6 is 0 Å². The van der Waals surface area contributed by atoms with Crippen molar-refractivity contribution in [1.29, 1.82) is 0 Å². The Morgan fingerprint density at radius 1 is 1.15 bits per heavy atom. The molecule has 1 aliphatic rings. The molecule has 6 heteroatoms. The molecule has 1 aromatic heterocycles. The van der Waals surface area contributed by atoms with E-state index in [1.807, 2.05) is 50.2 Å². The van der Waals surface area contributed by atoms with Crippen molar-refractivity contribution in [3.63, 3.8) is 0 Å². The maximum atomic E-state index is 12.9. The van der Waals surface area contributed by atoms with Crippen LogP contribution in [0.1, 0.15) is 42.9 Å². The summed E-state index contributed by atoms with van der Waals surface area (Å²) in [4.78, 5) is 19.1. The van der Waals surface area contributed by atoms with Gasteiger partial charge in [0.1, 0.15) is 5.82 Å². The van der Waals surface area contributed by atoms with E-state index in [-0.39, 0.29) is 5.91 Å². The fourth-order valence-electron chi connectivity index (χ4n) is 3.56. The lowest BCUT2D eigenvalue weighted by atomic mass is 9.96. The molecule has 1 aromatic carbocycles. The Kier molecular flexibility index (Phi) is 6.37. The second kappa shape index (κ2) is 8.93. The number of amides is 1. The molecule has 1 aliphatic heterocycles. The van der Waals surface area contributed by atoms with Gasteiger partial charge >= 0.3 is 0 Å². The minimum absolute atomic E-state index is 0.0660. The van der Waals surface area contributed by atoms with Gasteiger partial charge in [0.15, 0.2) is 11.5 Å². The zero-order valence-electron chi connectivity index (χ0n) is 16.5. The number of aromatic nitrogens is 2. The molecule has 0 aliphatic carbocycles. The van der Waals surface area contributed by atoms with Crippen LogP contribution in [0.4, 0.5) is 0 Å². The summed E-state index contributed by atoms with van der Waals surface area (Å²) in [6, 6.07) is 5.46. The third-order valence-electron chi connectivity index (χ3n) is 5.07. The highest BCUT2D eigenvalue weighted by Crippen LogP contribution is 2.30. The highest BCUT2D eigenvalue weighted by molar-refractivity contribution is 5.95. The second-order valence-electron chi connectivity index (χ2n) is 6.89. The number of ether oxygens (including phenoxy) is 2. The number of hydrogen-bond acceptors (Lipinski definition) is 4. The molecule has 0 N–H and O–H groups in total. The summed E-state index contributed by atoms with van der Waals surface area (Å²) >= 11 is 0. The Bertz CT molecular complexity index is 764. The van der Waals surface area contributed by atoms with Gasteiger partial charge in [-0.1, -0.05) is 0 Å². The fourth-order valence-corrected chi connectivity index (χ4v) is 3.56. The second-order valence-corrected chi connectivity index (χ2v) is 6.89. The van der Waals surface area contributed by atoms with E-state index in [0.717, 1.165) is 38.3 Å². The summed E-state index contributed by atoms with van der Waals surface area (Å²) in [5, 5.41) is 0. The van der Waals surface area contributed by atoms with E-state index in [1.165, 1.54) is 0 Å². The number of nitrogens with zero attached hydrogens (tertiary/aromatic N) is 3. The Labute approximate surface area is 161 Å². The predicted octanol–water partition coefficient (Wildman–Crippen LogP) is 3.54. The number of hydrogen-bond donors (Lipinski definition) is 0. The van der Waals surface area contributed by atoms with E-state index < -0.39 is 0 Å². The minimum atomic E-state index is 0.0660. The van der Waals surface area contributed by atoms with Crippen molar-refractivity contribution in [2.45, 2.75) is 40.2 Å². The van der Waals surface area contributed by atoms with Crippen molar-refractivity contribution in [3.8, 4) is 11.5 Å². The van der Waals surface area contributed by atoms with Crippen molar-refractivity contribution in [3.05, 3.63) is 42.0 Å². The molecule has 2 heterocycles. The summed E-state index contributed by atoms with van der Waals surface area (Å²) in [7, 11) is 0. The summed E-state index contributed by atoms with van der Waals surface area (Å²) in [6.45, 7) is 9.55. The van der Waals surface area contributed by atoms with Crippen molar-refractivity contribution in [2.75, 3.05) is 26.3 Å². The SMILES string of the molecule is CCOc1ccc(C(=O)N2CCC(Cn3ccnc3C)CC2)cc1OCC. The monoisotopic (exact) mass is 371 g/mol. The summed E-state index contributed by atoms with van der Waals surface area (Å²) in [5.74, 6) is 3.02. The molecule has 0 bridgehead atoms. The van der Waals surface area contributed by atoms with E-state index in [0.29, 0.717) is 36.2 Å². The first-order chi connectivity index (χ1) is 13.1. The van der Waals surface area contributed by atoms with Gasteiger partial charge in [0.2, 0.25) is 0 Å². The first-order valence-electron chi connectivity index (χ1n) is 9.79. The Hall–Kier alpha value is -2.50. The van der Waals surface area contributed by atoms with Crippen LogP contribution in [-0.4, -0.2) is 46.7 Å². The number of benzene rings is 1. The number of carbonyl (C=O) groups excluding carboxylic acids is 1. The first-order valence-corrected chi connectivity index (χ1v) is 9.79. The van der Waals surface area contributed by atoms with E-state index in [1.54, 1.807) is 6.07 Å². The third-order valence-corrected chi connectivity index (χ3v) is 5.07. The Morgan fingerprint density at radius 3 is 2.48 bits per heavy atom. The lowest BCUT2D eigenvalue weighted by Gasteiger charge is -2.32. The van der Waals surface area contributed by atoms with Crippen LogP contribution in [0.2, 0.25) is 0 Å². The van der Waals surface area contributed by atoms with Crippen LogP contribution in [-0.2, 0) is 6.54 Å². The van der Waals surface area contributed by atoms with E-state index in [9.17, 15) is 4.79 Å². The zero-order chi connectivity index (χ0) is 19.2. The van der Waals surface area contributed by atoms with Gasteiger partial charge in [0, 0.05) is 37.6 Å². The van der Waals surface area contributed by atoms with Crippen LogP contribution in [0.3, 0.4) is 0 Å². The normalized spacial score (nSPS) is 15.0. The van der Waals surface area contributed by atoms with Crippen LogP contribution in [0, 0.1) is 12.8 Å². The maximum Gasteiger partial charge on any atom is 0.253 e. The lowest BCUT2D eigenvalue weighted by molar-refractivity contribution is 0.0682. The number of imidazole rings is 1. The van der Waals surface area contributed by atoms with Crippen molar-refractivity contribution in [2.24, 2.45) is 5.92 Å². The third kappa shape index (κ3) is 4.62. The molecule has 6 nitrogen and oxygen atoms in total. The standard InChI is InChI=1S/C21H29N3O3/c1-4-26-19-7-6-18(14-20(19)27-5-2)21(25)23-11-8-17(9-12-23)15-24-13-10-22-16(24)3/h6-7,10,13-14,17H,4-5,8-9,11-12,15H2,1-3H3. The van der Waals surface area contributed by atoms with E-state index >= 15 is 0 Å². The van der Waals surface area contributed by atoms with Gasteiger partial charge in [-0.15, -0.1) is 0 Å². The molecule has 0 saturated carbocycles. The fraction of sp³-hybridized carbons (Fsp3) is 0.524. The van der Waals surface area contributed by atoms with Gasteiger partial charge < -0.3 is 18.9 Å². The first kappa shape index (κ1) is 19.3. The molecule has 1 saturated heterocycles. The van der Waals surface area contributed by atoms with Gasteiger partial charge in [-0.3, -0.25) is 4.79 Å². The number of rotatable bonds is 7. The van der Waals surface area contributed by atoms with Crippen LogP contribution in [0.15, 0.2) is 30.6 Å². The lowest BCUT2D eigenvalue weighted by Crippen LogP contribution is -2.39. The largest absolute Gasteiger partial charge is 0.490 e. The van der Waals surface area contributed by atoms with E-state index in [2.05, 4.69) is 9.55 Å². The van der Waals surface area contributed by atoms with Gasteiger partial charge in [-0.2, -0.15) is 0 Å². The molecule has 27 heavy (non-hydrogen) atoms.